The van der Waals surface area contributed by atoms with Crippen molar-refractivity contribution in [1.29, 1.82) is 0 Å². The molecule has 5 atom stereocenters. The number of nitrogens with one attached hydrogen (secondary N) is 1. The predicted octanol–water partition coefficient (Wildman–Crippen LogP) is 6.69. The summed E-state index contributed by atoms with van der Waals surface area (Å²) in [6.45, 7) is 13.9. The molecule has 0 aliphatic carbocycles. The maximum absolute atomic E-state index is 13.8. The Morgan fingerprint density at radius 1 is 0.765 bits per heavy atom. The Morgan fingerprint density at radius 3 is 1.76 bits per heavy atom. The first-order valence-electron chi connectivity index (χ1n) is 19.8. The SMILES string of the molecule is [2H]CC(C)(C)C(=O)OC[C@H]1OC(Oc2n[nH]c(C(C)C)c2Cc2ccccc2)[C@H](OC(=O)C(C)(C)C[2H])[C@@H](OC(=O)C(C)(C)C[2H])[C@@H]1OC(=O)C(C)(C)C[2H]. The van der Waals surface area contributed by atoms with Crippen LogP contribution in [0.4, 0.5) is 0 Å². The fourth-order valence-electron chi connectivity index (χ4n) is 4.73. The Balaban J connectivity index is 2.28. The maximum atomic E-state index is 13.8. The largest absolute Gasteiger partial charge is 0.462 e. The van der Waals surface area contributed by atoms with Crippen molar-refractivity contribution < 1.29 is 53.1 Å². The van der Waals surface area contributed by atoms with E-state index in [1.807, 2.05) is 44.2 Å². The van der Waals surface area contributed by atoms with Crippen LogP contribution in [0.5, 0.6) is 5.88 Å². The lowest BCUT2D eigenvalue weighted by Crippen LogP contribution is -2.65. The fourth-order valence-corrected chi connectivity index (χ4v) is 4.73. The van der Waals surface area contributed by atoms with Gasteiger partial charge in [0.25, 0.3) is 0 Å². The molecular weight excluding hydrogens is 656 g/mol. The van der Waals surface area contributed by atoms with Gasteiger partial charge in [0.1, 0.15) is 12.7 Å². The summed E-state index contributed by atoms with van der Waals surface area (Å²) in [5.41, 5.74) is -2.95. The van der Waals surface area contributed by atoms with Gasteiger partial charge in [-0.2, -0.15) is 0 Å². The van der Waals surface area contributed by atoms with Gasteiger partial charge in [0.2, 0.25) is 18.3 Å². The lowest BCUT2D eigenvalue weighted by Gasteiger charge is -2.45. The molecule has 284 valence electrons. The van der Waals surface area contributed by atoms with Crippen molar-refractivity contribution in [3.8, 4) is 5.88 Å². The Labute approximate surface area is 308 Å². The summed E-state index contributed by atoms with van der Waals surface area (Å²) in [7, 11) is 0. The van der Waals surface area contributed by atoms with E-state index in [9.17, 15) is 19.2 Å². The van der Waals surface area contributed by atoms with Crippen molar-refractivity contribution in [2.75, 3.05) is 6.61 Å². The summed E-state index contributed by atoms with van der Waals surface area (Å²) in [6.07, 6.45) is -7.62. The van der Waals surface area contributed by atoms with Crippen molar-refractivity contribution in [3.05, 3.63) is 47.2 Å². The molecule has 1 aromatic carbocycles. The first-order valence-corrected chi connectivity index (χ1v) is 17.0. The van der Waals surface area contributed by atoms with Gasteiger partial charge < -0.3 is 28.4 Å². The van der Waals surface area contributed by atoms with Gasteiger partial charge in [-0.05, 0) is 94.5 Å². The van der Waals surface area contributed by atoms with Gasteiger partial charge in [-0.15, -0.1) is 5.10 Å². The second-order valence-corrected chi connectivity index (χ2v) is 16.1. The Morgan fingerprint density at radius 2 is 1.25 bits per heavy atom. The quantitative estimate of drug-likeness (QED) is 0.207. The zero-order valence-corrected chi connectivity index (χ0v) is 31.6. The van der Waals surface area contributed by atoms with Crippen LogP contribution in [0.3, 0.4) is 0 Å². The lowest BCUT2D eigenvalue weighted by molar-refractivity contribution is -0.294. The predicted molar refractivity (Wildman–Crippen MR) is 190 cm³/mol. The molecular formula is C39H58N2O10. The number of hydrogen-bond acceptors (Lipinski definition) is 11. The fraction of sp³-hybridized carbons (Fsp3) is 0.667. The maximum Gasteiger partial charge on any atom is 0.311 e. The lowest BCUT2D eigenvalue weighted by atomic mass is 9.93. The molecule has 0 spiro atoms. The summed E-state index contributed by atoms with van der Waals surface area (Å²) < 4.78 is 68.5. The van der Waals surface area contributed by atoms with E-state index < -0.39 is 82.8 Å². The second-order valence-electron chi connectivity index (χ2n) is 16.1. The topological polar surface area (TPSA) is 152 Å². The van der Waals surface area contributed by atoms with Gasteiger partial charge in [-0.25, -0.2) is 0 Å². The number of H-pyrrole nitrogens is 1. The summed E-state index contributed by atoms with van der Waals surface area (Å²) >= 11 is 0. The number of carbonyl (C=O) groups is 4. The zero-order valence-electron chi connectivity index (χ0n) is 35.6. The highest BCUT2D eigenvalue weighted by molar-refractivity contribution is 5.78. The number of aromatic amines is 1. The van der Waals surface area contributed by atoms with Crippen molar-refractivity contribution in [2.45, 2.75) is 140 Å². The van der Waals surface area contributed by atoms with Crippen LogP contribution in [0.25, 0.3) is 0 Å². The molecule has 3 rings (SSSR count). The molecule has 0 radical (unpaired) electrons. The number of hydrogen-bond donors (Lipinski definition) is 1. The van der Waals surface area contributed by atoms with E-state index in [0.717, 1.165) is 11.3 Å². The van der Waals surface area contributed by atoms with Crippen LogP contribution in [-0.4, -0.2) is 71.4 Å². The minimum atomic E-state index is -1.68. The van der Waals surface area contributed by atoms with E-state index in [2.05, 4.69) is 10.2 Å². The minimum Gasteiger partial charge on any atom is -0.462 e. The molecule has 0 saturated carbocycles. The van der Waals surface area contributed by atoms with E-state index in [0.29, 0.717) is 12.0 Å². The number of carbonyl (C=O) groups excluding carboxylic acids is 4. The first-order chi connectivity index (χ1) is 25.5. The minimum absolute atomic E-state index is 0.0279. The molecule has 1 aliphatic heterocycles. The molecule has 1 unspecified atom stereocenters. The number of rotatable bonds is 10. The summed E-state index contributed by atoms with van der Waals surface area (Å²) in [6, 6.07) is 9.56. The summed E-state index contributed by atoms with van der Waals surface area (Å²) in [4.78, 5) is 54.3. The number of benzene rings is 1. The summed E-state index contributed by atoms with van der Waals surface area (Å²) in [5.74, 6) is -3.36. The van der Waals surface area contributed by atoms with Gasteiger partial charge in [0.15, 0.2) is 12.2 Å². The second kappa shape index (κ2) is 15.8. The molecule has 12 heteroatoms. The van der Waals surface area contributed by atoms with Crippen LogP contribution in [0.2, 0.25) is 0 Å². The average molecular weight is 719 g/mol. The Bertz CT molecular complexity index is 1630. The van der Waals surface area contributed by atoms with Crippen LogP contribution in [0.15, 0.2) is 30.3 Å². The smallest absolute Gasteiger partial charge is 0.311 e. The summed E-state index contributed by atoms with van der Waals surface area (Å²) in [5, 5.41) is 7.49. The monoisotopic (exact) mass is 718 g/mol. The van der Waals surface area contributed by atoms with Crippen molar-refractivity contribution in [2.24, 2.45) is 21.7 Å². The van der Waals surface area contributed by atoms with E-state index >= 15 is 0 Å². The molecule has 51 heavy (non-hydrogen) atoms. The van der Waals surface area contributed by atoms with Crippen molar-refractivity contribution >= 4 is 23.9 Å². The molecule has 2 aromatic rings. The number of nitrogens with zero attached hydrogens (tertiary/aromatic N) is 1. The highest BCUT2D eigenvalue weighted by Gasteiger charge is 2.56. The molecule has 12 nitrogen and oxygen atoms in total. The number of esters is 4. The van der Waals surface area contributed by atoms with E-state index in [1.165, 1.54) is 55.4 Å². The highest BCUT2D eigenvalue weighted by atomic mass is 16.7. The molecule has 1 aliphatic rings. The van der Waals surface area contributed by atoms with Gasteiger partial charge >= 0.3 is 23.9 Å². The van der Waals surface area contributed by atoms with Gasteiger partial charge in [-0.3, -0.25) is 24.3 Å². The van der Waals surface area contributed by atoms with E-state index in [4.69, 9.17) is 33.9 Å². The average Bonchev–Trinajstić information content (AvgIpc) is 3.54. The van der Waals surface area contributed by atoms with Crippen molar-refractivity contribution in [1.82, 2.24) is 10.2 Å². The molecule has 0 amide bonds. The first kappa shape index (κ1) is 35.5. The molecule has 1 aromatic heterocycles. The van der Waals surface area contributed by atoms with Gasteiger partial charge in [0, 0.05) is 23.2 Å². The van der Waals surface area contributed by atoms with Crippen LogP contribution >= 0.6 is 0 Å². The molecule has 0 bridgehead atoms. The zero-order chi connectivity index (χ0) is 41.5. The normalized spacial score (nSPS) is 22.5. The third-order valence-corrected chi connectivity index (χ3v) is 7.80. The number of aromatic nitrogens is 2. The molecule has 1 saturated heterocycles. The number of ether oxygens (including phenoxy) is 6. The van der Waals surface area contributed by atoms with Crippen molar-refractivity contribution in [3.63, 3.8) is 0 Å². The molecule has 1 fully saturated rings. The third-order valence-electron chi connectivity index (χ3n) is 7.80. The Hall–Kier alpha value is -3.93. The standard InChI is InChI=1S/C39H58N2O10/c1-22(2)26-24(20-23-18-16-15-17-19-23)30(41-40-26)51-31-29(50-35(45)39(12,13)14)28(49-34(44)38(9,10)11)27(48-33(43)37(6,7)8)25(47-31)21-46-32(42)36(3,4)5/h15-19,22,25,27-29,31H,20-21H2,1-14H3,(H,40,41)/t25-,27-,28+,29-,31?/m1/s1/i3D,6D,9D,12D. The Kier molecular flexibility index (Phi) is 11.0. The van der Waals surface area contributed by atoms with Crippen LogP contribution in [-0.2, 0) is 49.3 Å². The van der Waals surface area contributed by atoms with Crippen LogP contribution < -0.4 is 4.74 Å². The van der Waals surface area contributed by atoms with Gasteiger partial charge in [-0.1, -0.05) is 44.2 Å². The van der Waals surface area contributed by atoms with Gasteiger partial charge in [0.05, 0.1) is 21.7 Å². The van der Waals surface area contributed by atoms with Crippen LogP contribution in [0, 0.1) is 21.7 Å². The van der Waals surface area contributed by atoms with Crippen LogP contribution in [0.1, 0.15) is 125 Å². The highest BCUT2D eigenvalue weighted by Crippen LogP contribution is 2.37. The molecule has 2 heterocycles. The third kappa shape index (κ3) is 11.0. The van der Waals surface area contributed by atoms with E-state index in [1.54, 1.807) is 0 Å². The molecule has 1 N–H and O–H groups in total. The van der Waals surface area contributed by atoms with E-state index in [-0.39, 0.29) is 39.4 Å².